The first-order chi connectivity index (χ1) is 8.59. The normalized spacial score (nSPS) is 21.7. The van der Waals surface area contributed by atoms with Crippen LogP contribution in [-0.4, -0.2) is 42.5 Å². The second kappa shape index (κ2) is 5.51. The number of rotatable bonds is 5. The fraction of sp³-hybridized carbons (Fsp3) is 0.636. The van der Waals surface area contributed by atoms with Gasteiger partial charge in [-0.25, -0.2) is 18.4 Å². The predicted molar refractivity (Wildman–Crippen MR) is 68.5 cm³/mol. The molecule has 1 atom stereocenters. The number of nitrogens with one attached hydrogen (secondary N) is 1. The van der Waals surface area contributed by atoms with Crippen LogP contribution in [0.15, 0.2) is 12.4 Å². The van der Waals surface area contributed by atoms with Gasteiger partial charge in [-0.15, -0.1) is 0 Å². The fourth-order valence-electron chi connectivity index (χ4n) is 1.82. The highest BCUT2D eigenvalue weighted by Gasteiger charge is 2.27. The Kier molecular flexibility index (Phi) is 4.00. The first kappa shape index (κ1) is 13.1. The van der Waals surface area contributed by atoms with Gasteiger partial charge in [-0.2, -0.15) is 0 Å². The first-order valence-electron chi connectivity index (χ1n) is 6.01. The van der Waals surface area contributed by atoms with Crippen molar-refractivity contribution < 1.29 is 13.2 Å². The molecule has 1 aliphatic rings. The maximum atomic E-state index is 11.3. The lowest BCUT2D eigenvalue weighted by Crippen LogP contribution is -2.21. The molecule has 100 valence electrons. The molecule has 0 saturated carbocycles. The standard InChI is InChI=1S/C11H17N3O3S/c1-2-4-17-11-6-10(12-8-13-11)14-9-3-5-18(15,16)7-9/h6,8-9H,2-5,7H2,1H3,(H,12,13,14). The maximum Gasteiger partial charge on any atom is 0.218 e. The number of sulfone groups is 1. The van der Waals surface area contributed by atoms with Crippen molar-refractivity contribution in [2.45, 2.75) is 25.8 Å². The molecule has 0 amide bonds. The van der Waals surface area contributed by atoms with Gasteiger partial charge in [0.25, 0.3) is 0 Å². The van der Waals surface area contributed by atoms with Gasteiger partial charge in [0.2, 0.25) is 5.88 Å². The minimum absolute atomic E-state index is 0.0658. The Morgan fingerprint density at radius 2 is 2.33 bits per heavy atom. The molecule has 1 saturated heterocycles. The second-order valence-electron chi connectivity index (χ2n) is 4.33. The van der Waals surface area contributed by atoms with Crippen molar-refractivity contribution in [3.05, 3.63) is 12.4 Å². The van der Waals surface area contributed by atoms with E-state index in [1.54, 1.807) is 6.07 Å². The summed E-state index contributed by atoms with van der Waals surface area (Å²) in [6, 6.07) is 1.63. The number of anilines is 1. The van der Waals surface area contributed by atoms with Crippen LogP contribution in [0.25, 0.3) is 0 Å². The second-order valence-corrected chi connectivity index (χ2v) is 6.56. The summed E-state index contributed by atoms with van der Waals surface area (Å²) in [5, 5.41) is 3.10. The lowest BCUT2D eigenvalue weighted by Gasteiger charge is -2.11. The van der Waals surface area contributed by atoms with Gasteiger partial charge < -0.3 is 10.1 Å². The molecular formula is C11H17N3O3S. The van der Waals surface area contributed by atoms with E-state index in [0.29, 0.717) is 24.7 Å². The summed E-state index contributed by atoms with van der Waals surface area (Å²) in [4.78, 5) is 8.05. The summed E-state index contributed by atoms with van der Waals surface area (Å²) in [5.74, 6) is 1.53. The monoisotopic (exact) mass is 271 g/mol. The molecule has 0 aromatic carbocycles. The maximum absolute atomic E-state index is 11.3. The highest BCUT2D eigenvalue weighted by Crippen LogP contribution is 2.18. The van der Waals surface area contributed by atoms with Crippen LogP contribution >= 0.6 is 0 Å². The smallest absolute Gasteiger partial charge is 0.218 e. The SMILES string of the molecule is CCCOc1cc(NC2CCS(=O)(=O)C2)ncn1. The average molecular weight is 271 g/mol. The van der Waals surface area contributed by atoms with E-state index >= 15 is 0 Å². The summed E-state index contributed by atoms with van der Waals surface area (Å²) in [6.45, 7) is 2.62. The lowest BCUT2D eigenvalue weighted by molar-refractivity contribution is 0.305. The Labute approximate surface area is 107 Å². The van der Waals surface area contributed by atoms with Gasteiger partial charge in [-0.1, -0.05) is 6.92 Å². The zero-order chi connectivity index (χ0) is 13.0. The van der Waals surface area contributed by atoms with Crippen molar-refractivity contribution in [3.63, 3.8) is 0 Å². The summed E-state index contributed by atoms with van der Waals surface area (Å²) in [5.41, 5.74) is 0. The number of nitrogens with zero attached hydrogens (tertiary/aromatic N) is 2. The average Bonchev–Trinajstić information content (AvgIpc) is 2.66. The highest BCUT2D eigenvalue weighted by atomic mass is 32.2. The molecule has 18 heavy (non-hydrogen) atoms. The number of hydrogen-bond acceptors (Lipinski definition) is 6. The summed E-state index contributed by atoms with van der Waals surface area (Å²) >= 11 is 0. The van der Waals surface area contributed by atoms with Crippen LogP contribution in [0.3, 0.4) is 0 Å². The molecule has 1 unspecified atom stereocenters. The third-order valence-electron chi connectivity index (χ3n) is 2.68. The van der Waals surface area contributed by atoms with Crippen LogP contribution in [0, 0.1) is 0 Å². The fourth-order valence-corrected chi connectivity index (χ4v) is 3.50. The number of hydrogen-bond donors (Lipinski definition) is 1. The molecule has 1 aromatic rings. The van der Waals surface area contributed by atoms with Crippen molar-refractivity contribution in [1.82, 2.24) is 9.97 Å². The molecule has 1 aromatic heterocycles. The molecule has 0 spiro atoms. The summed E-state index contributed by atoms with van der Waals surface area (Å²) in [6.07, 6.45) is 2.95. The van der Waals surface area contributed by atoms with Crippen LogP contribution in [0.1, 0.15) is 19.8 Å². The molecule has 2 heterocycles. The van der Waals surface area contributed by atoms with E-state index < -0.39 is 9.84 Å². The minimum atomic E-state index is -2.88. The first-order valence-corrected chi connectivity index (χ1v) is 7.83. The predicted octanol–water partition coefficient (Wildman–Crippen LogP) is 0.864. The van der Waals surface area contributed by atoms with E-state index in [4.69, 9.17) is 4.74 Å². The Hall–Kier alpha value is -1.37. The van der Waals surface area contributed by atoms with Crippen LogP contribution in [0.2, 0.25) is 0 Å². The molecule has 0 aliphatic carbocycles. The van der Waals surface area contributed by atoms with Gasteiger partial charge in [0.15, 0.2) is 9.84 Å². The van der Waals surface area contributed by atoms with Crippen LogP contribution in [0.5, 0.6) is 5.88 Å². The van der Waals surface area contributed by atoms with Gasteiger partial charge in [-0.05, 0) is 12.8 Å². The summed E-state index contributed by atoms with van der Waals surface area (Å²) < 4.78 is 28.1. The van der Waals surface area contributed by atoms with E-state index in [1.165, 1.54) is 6.33 Å². The van der Waals surface area contributed by atoms with E-state index in [9.17, 15) is 8.42 Å². The zero-order valence-corrected chi connectivity index (χ0v) is 11.1. The van der Waals surface area contributed by atoms with E-state index in [2.05, 4.69) is 15.3 Å². The van der Waals surface area contributed by atoms with Crippen LogP contribution < -0.4 is 10.1 Å². The molecular weight excluding hydrogens is 254 g/mol. The van der Waals surface area contributed by atoms with Crippen molar-refractivity contribution >= 4 is 15.7 Å². The van der Waals surface area contributed by atoms with Gasteiger partial charge >= 0.3 is 0 Å². The lowest BCUT2D eigenvalue weighted by atomic mass is 10.2. The van der Waals surface area contributed by atoms with Gasteiger partial charge in [-0.3, -0.25) is 0 Å². The molecule has 7 heteroatoms. The molecule has 1 fully saturated rings. The van der Waals surface area contributed by atoms with Gasteiger partial charge in [0.1, 0.15) is 12.1 Å². The highest BCUT2D eigenvalue weighted by molar-refractivity contribution is 7.91. The van der Waals surface area contributed by atoms with Crippen molar-refractivity contribution in [2.24, 2.45) is 0 Å². The molecule has 0 radical (unpaired) electrons. The van der Waals surface area contributed by atoms with Gasteiger partial charge in [0.05, 0.1) is 18.1 Å². The third kappa shape index (κ3) is 3.56. The van der Waals surface area contributed by atoms with Crippen LogP contribution in [0.4, 0.5) is 5.82 Å². The van der Waals surface area contributed by atoms with E-state index in [0.717, 1.165) is 6.42 Å². The molecule has 1 N–H and O–H groups in total. The number of ether oxygens (including phenoxy) is 1. The largest absolute Gasteiger partial charge is 0.478 e. The van der Waals surface area contributed by atoms with Crippen LogP contribution in [-0.2, 0) is 9.84 Å². The topological polar surface area (TPSA) is 81.2 Å². The quantitative estimate of drug-likeness (QED) is 0.855. The molecule has 2 rings (SSSR count). The zero-order valence-electron chi connectivity index (χ0n) is 10.3. The van der Waals surface area contributed by atoms with Crippen molar-refractivity contribution in [3.8, 4) is 5.88 Å². The Balaban J connectivity index is 1.97. The molecule has 1 aliphatic heterocycles. The van der Waals surface area contributed by atoms with E-state index in [-0.39, 0.29) is 17.5 Å². The Morgan fingerprint density at radius 3 is 3.00 bits per heavy atom. The number of aromatic nitrogens is 2. The Bertz CT molecular complexity index is 504. The minimum Gasteiger partial charge on any atom is -0.478 e. The molecule has 0 bridgehead atoms. The summed E-state index contributed by atoms with van der Waals surface area (Å²) in [7, 11) is -2.88. The van der Waals surface area contributed by atoms with Crippen molar-refractivity contribution in [2.75, 3.05) is 23.4 Å². The van der Waals surface area contributed by atoms with Gasteiger partial charge in [0, 0.05) is 12.1 Å². The van der Waals surface area contributed by atoms with Crippen molar-refractivity contribution in [1.29, 1.82) is 0 Å². The molecule has 6 nitrogen and oxygen atoms in total. The Morgan fingerprint density at radius 1 is 1.50 bits per heavy atom. The van der Waals surface area contributed by atoms with E-state index in [1.807, 2.05) is 6.92 Å². The third-order valence-corrected chi connectivity index (χ3v) is 4.45.